The summed E-state index contributed by atoms with van der Waals surface area (Å²) in [5.74, 6) is 0.0867. The van der Waals surface area contributed by atoms with E-state index >= 15 is 0 Å². The van der Waals surface area contributed by atoms with Crippen molar-refractivity contribution in [3.63, 3.8) is 0 Å². The van der Waals surface area contributed by atoms with Crippen LogP contribution in [0.15, 0.2) is 67.0 Å². The van der Waals surface area contributed by atoms with Gasteiger partial charge in [0.2, 0.25) is 0 Å². The molecule has 0 amide bonds. The van der Waals surface area contributed by atoms with Crippen molar-refractivity contribution >= 4 is 11.5 Å². The molecule has 134 valence electrons. The Morgan fingerprint density at radius 2 is 1.85 bits per heavy atom. The number of hydrogen-bond donors (Lipinski definition) is 0. The minimum absolute atomic E-state index is 0.0852. The highest BCUT2D eigenvalue weighted by Crippen LogP contribution is 2.23. The molecule has 3 aromatic rings. The molecular formula is C22H17FN2O2. The molecule has 3 rings (SSSR count). The van der Waals surface area contributed by atoms with E-state index < -0.39 is 0 Å². The quantitative estimate of drug-likeness (QED) is 0.440. The normalized spacial score (nSPS) is 11.4. The highest BCUT2D eigenvalue weighted by atomic mass is 19.1. The lowest BCUT2D eigenvalue weighted by molar-refractivity contribution is 0.0991. The monoisotopic (exact) mass is 360 g/mol. The van der Waals surface area contributed by atoms with E-state index in [9.17, 15) is 9.18 Å². The molecule has 0 saturated heterocycles. The minimum atomic E-state index is -0.307. The molecule has 1 atom stereocenters. The number of ketones is 1. The van der Waals surface area contributed by atoms with E-state index in [-0.39, 0.29) is 24.1 Å². The van der Waals surface area contributed by atoms with Crippen LogP contribution in [0.4, 0.5) is 10.1 Å². The van der Waals surface area contributed by atoms with Gasteiger partial charge >= 0.3 is 0 Å². The summed E-state index contributed by atoms with van der Waals surface area (Å²) >= 11 is 0. The van der Waals surface area contributed by atoms with Crippen molar-refractivity contribution in [1.82, 2.24) is 4.98 Å². The summed E-state index contributed by atoms with van der Waals surface area (Å²) in [6, 6.07) is 14.7. The summed E-state index contributed by atoms with van der Waals surface area (Å²) in [5, 5.41) is 0. The first kappa shape index (κ1) is 18.3. The maximum atomic E-state index is 13.0. The topological polar surface area (TPSA) is 43.5 Å². The Kier molecular flexibility index (Phi) is 5.58. The van der Waals surface area contributed by atoms with Gasteiger partial charge in [-0.25, -0.2) is 9.24 Å². The van der Waals surface area contributed by atoms with Gasteiger partial charge in [0.1, 0.15) is 17.7 Å². The number of hydrogen-bond acceptors (Lipinski definition) is 3. The molecule has 0 aliphatic rings. The molecule has 0 saturated carbocycles. The lowest BCUT2D eigenvalue weighted by Gasteiger charge is -2.15. The molecule has 1 aromatic heterocycles. The first-order chi connectivity index (χ1) is 13.0. The van der Waals surface area contributed by atoms with Gasteiger partial charge in [-0.05, 0) is 36.2 Å². The average Bonchev–Trinajstić information content (AvgIpc) is 2.69. The second-order valence-corrected chi connectivity index (χ2v) is 6.10. The minimum Gasteiger partial charge on any atom is -0.484 e. The maximum absolute atomic E-state index is 13.0. The number of benzene rings is 2. The van der Waals surface area contributed by atoms with Gasteiger partial charge in [0, 0.05) is 18.2 Å². The van der Waals surface area contributed by atoms with Crippen molar-refractivity contribution < 1.29 is 13.9 Å². The fourth-order valence-electron chi connectivity index (χ4n) is 2.62. The number of carbonyl (C=O) groups is 1. The number of halogens is 1. The van der Waals surface area contributed by atoms with Crippen LogP contribution >= 0.6 is 0 Å². The average molecular weight is 360 g/mol. The molecule has 5 heteroatoms. The van der Waals surface area contributed by atoms with E-state index in [1.54, 1.807) is 48.7 Å². The summed E-state index contributed by atoms with van der Waals surface area (Å²) in [7, 11) is 0. The van der Waals surface area contributed by atoms with Crippen LogP contribution in [-0.4, -0.2) is 10.8 Å². The molecule has 27 heavy (non-hydrogen) atoms. The van der Waals surface area contributed by atoms with Crippen LogP contribution in [0.3, 0.4) is 0 Å². The van der Waals surface area contributed by atoms with E-state index in [4.69, 9.17) is 11.3 Å². The molecule has 0 aliphatic carbocycles. The van der Waals surface area contributed by atoms with Gasteiger partial charge in [-0.3, -0.25) is 9.78 Å². The predicted octanol–water partition coefficient (Wildman–Crippen LogP) is 5.34. The number of Topliss-reactive ketones (excluding diaryl/α,β-unsaturated/α-hetero) is 1. The highest BCUT2D eigenvalue weighted by molar-refractivity contribution is 5.97. The van der Waals surface area contributed by atoms with Crippen LogP contribution < -0.4 is 4.74 Å². The second-order valence-electron chi connectivity index (χ2n) is 6.10. The Morgan fingerprint density at radius 1 is 1.15 bits per heavy atom. The third-order valence-electron chi connectivity index (χ3n) is 4.12. The van der Waals surface area contributed by atoms with Crippen molar-refractivity contribution in [2.24, 2.45) is 0 Å². The largest absolute Gasteiger partial charge is 0.484 e. The highest BCUT2D eigenvalue weighted by Gasteiger charge is 2.12. The fourth-order valence-corrected chi connectivity index (χ4v) is 2.62. The number of pyridine rings is 1. The molecule has 0 spiro atoms. The first-order valence-corrected chi connectivity index (χ1v) is 8.42. The lowest BCUT2D eigenvalue weighted by Crippen LogP contribution is -2.07. The molecular weight excluding hydrogens is 343 g/mol. The standard InChI is InChI=1S/C22H17FN2O2/c1-15(17-5-7-19(23)8-6-17)27-21-12-18(13-25-14-21)22(26)11-16-3-9-20(24-2)10-4-16/h3-10,12-15H,11H2,1H3/t15-/m0/s1. The van der Waals surface area contributed by atoms with Crippen LogP contribution in [0.25, 0.3) is 4.85 Å². The van der Waals surface area contributed by atoms with Crippen molar-refractivity contribution in [3.8, 4) is 5.75 Å². The number of aromatic nitrogens is 1. The Labute approximate surface area is 157 Å². The summed E-state index contributed by atoms with van der Waals surface area (Å²) in [5.41, 5.74) is 2.65. The van der Waals surface area contributed by atoms with Gasteiger partial charge in [-0.2, -0.15) is 0 Å². The molecule has 0 aliphatic heterocycles. The SMILES string of the molecule is [C-]#[N+]c1ccc(CC(=O)c2cncc(O[C@@H](C)c3ccc(F)cc3)c2)cc1. The summed E-state index contributed by atoms with van der Waals surface area (Å²) in [4.78, 5) is 19.9. The Morgan fingerprint density at radius 3 is 2.52 bits per heavy atom. The summed E-state index contributed by atoms with van der Waals surface area (Å²) < 4.78 is 18.9. The third-order valence-corrected chi connectivity index (χ3v) is 4.12. The molecule has 2 aromatic carbocycles. The van der Waals surface area contributed by atoms with Crippen molar-refractivity contribution in [2.45, 2.75) is 19.4 Å². The molecule has 0 bridgehead atoms. The van der Waals surface area contributed by atoms with Gasteiger partial charge in [0.05, 0.1) is 12.8 Å². The van der Waals surface area contributed by atoms with Gasteiger partial charge in [-0.15, -0.1) is 0 Å². The molecule has 1 heterocycles. The molecule has 4 nitrogen and oxygen atoms in total. The van der Waals surface area contributed by atoms with Crippen molar-refractivity contribution in [1.29, 1.82) is 0 Å². The Balaban J connectivity index is 1.69. The van der Waals surface area contributed by atoms with Gasteiger partial charge < -0.3 is 4.74 Å². The van der Waals surface area contributed by atoms with Crippen LogP contribution in [0, 0.1) is 12.4 Å². The predicted molar refractivity (Wildman–Crippen MR) is 100 cm³/mol. The zero-order valence-electron chi connectivity index (χ0n) is 14.7. The second kappa shape index (κ2) is 8.24. The third kappa shape index (κ3) is 4.77. The molecule has 0 N–H and O–H groups in total. The van der Waals surface area contributed by atoms with Crippen molar-refractivity contribution in [2.75, 3.05) is 0 Å². The van der Waals surface area contributed by atoms with Crippen LogP contribution in [0.1, 0.15) is 34.5 Å². The fraction of sp³-hybridized carbons (Fsp3) is 0.136. The maximum Gasteiger partial charge on any atom is 0.187 e. The summed E-state index contributed by atoms with van der Waals surface area (Å²) in [6.07, 6.45) is 2.96. The Bertz CT molecular complexity index is 976. The number of nitrogens with zero attached hydrogens (tertiary/aromatic N) is 2. The van der Waals surface area contributed by atoms with Crippen LogP contribution in [-0.2, 0) is 6.42 Å². The van der Waals surface area contributed by atoms with Gasteiger partial charge in [0.25, 0.3) is 0 Å². The van der Waals surface area contributed by atoms with Gasteiger partial charge in [0.15, 0.2) is 11.5 Å². The van der Waals surface area contributed by atoms with Gasteiger partial charge in [-0.1, -0.05) is 36.4 Å². The van der Waals surface area contributed by atoms with Crippen LogP contribution in [0.5, 0.6) is 5.75 Å². The van der Waals surface area contributed by atoms with E-state index in [1.807, 2.05) is 6.92 Å². The number of carbonyl (C=O) groups excluding carboxylic acids is 1. The van der Waals surface area contributed by atoms with Crippen LogP contribution in [0.2, 0.25) is 0 Å². The van der Waals surface area contributed by atoms with E-state index in [1.165, 1.54) is 18.3 Å². The molecule has 0 fully saturated rings. The number of ether oxygens (including phenoxy) is 1. The van der Waals surface area contributed by atoms with E-state index in [2.05, 4.69) is 9.83 Å². The molecule has 0 radical (unpaired) electrons. The number of rotatable bonds is 6. The lowest BCUT2D eigenvalue weighted by atomic mass is 10.0. The summed E-state index contributed by atoms with van der Waals surface area (Å²) in [6.45, 7) is 8.81. The van der Waals surface area contributed by atoms with E-state index in [0.29, 0.717) is 17.0 Å². The molecule has 0 unspecified atom stereocenters. The Hall–Kier alpha value is -3.52. The van der Waals surface area contributed by atoms with E-state index in [0.717, 1.165) is 11.1 Å². The zero-order valence-corrected chi connectivity index (χ0v) is 14.7. The van der Waals surface area contributed by atoms with Crippen molar-refractivity contribution in [3.05, 3.63) is 101 Å². The first-order valence-electron chi connectivity index (χ1n) is 8.42. The smallest absolute Gasteiger partial charge is 0.187 e. The zero-order chi connectivity index (χ0) is 19.2.